The van der Waals surface area contributed by atoms with E-state index in [1.165, 1.54) is 4.88 Å². The number of thiophene rings is 1. The smallest absolute Gasteiger partial charge is 0.199 e. The first-order valence-electron chi connectivity index (χ1n) is 8.57. The molecule has 0 spiro atoms. The molecule has 128 valence electrons. The molecule has 1 saturated heterocycles. The Balaban J connectivity index is 1.44. The molecule has 0 amide bonds. The minimum atomic E-state index is -0.0938. The lowest BCUT2D eigenvalue weighted by atomic mass is 9.98. The zero-order valence-electron chi connectivity index (χ0n) is 13.9. The van der Waals surface area contributed by atoms with Crippen molar-refractivity contribution in [2.75, 3.05) is 19.7 Å². The average Bonchev–Trinajstić information content (AvgIpc) is 3.27. The lowest BCUT2D eigenvalue weighted by molar-refractivity contribution is 0.188. The van der Waals surface area contributed by atoms with E-state index in [9.17, 15) is 0 Å². The third-order valence-electron chi connectivity index (χ3n) is 4.51. The molecule has 3 aromatic rings. The fourth-order valence-electron chi connectivity index (χ4n) is 3.36. The highest BCUT2D eigenvalue weighted by molar-refractivity contribution is 7.10. The molecule has 1 unspecified atom stereocenters. The van der Waals surface area contributed by atoms with E-state index in [4.69, 9.17) is 9.52 Å². The Hall–Kier alpha value is -2.13. The largest absolute Gasteiger partial charge is 0.440 e. The van der Waals surface area contributed by atoms with Crippen molar-refractivity contribution in [1.82, 2.24) is 9.88 Å². The molecule has 1 fully saturated rings. The minimum Gasteiger partial charge on any atom is -0.440 e. The molecule has 0 radical (unpaired) electrons. The van der Waals surface area contributed by atoms with Gasteiger partial charge in [0, 0.05) is 34.8 Å². The zero-order valence-corrected chi connectivity index (χ0v) is 14.8. The molecular weight excluding hydrogens is 332 g/mol. The Morgan fingerprint density at radius 2 is 2.28 bits per heavy atom. The number of fused-ring (bicyclic) bond motifs is 1. The van der Waals surface area contributed by atoms with Crippen molar-refractivity contribution in [3.8, 4) is 11.8 Å². The van der Waals surface area contributed by atoms with Crippen molar-refractivity contribution in [1.29, 1.82) is 0 Å². The van der Waals surface area contributed by atoms with Crippen LogP contribution in [0.1, 0.15) is 35.1 Å². The van der Waals surface area contributed by atoms with Gasteiger partial charge in [-0.3, -0.25) is 4.90 Å². The number of aliphatic hydroxyl groups is 1. The number of aliphatic hydroxyl groups excluding tert-OH is 1. The predicted octanol–water partition coefficient (Wildman–Crippen LogP) is 3.61. The highest BCUT2D eigenvalue weighted by Crippen LogP contribution is 2.30. The van der Waals surface area contributed by atoms with Crippen LogP contribution in [0.4, 0.5) is 0 Å². The lowest BCUT2D eigenvalue weighted by Crippen LogP contribution is -2.33. The highest BCUT2D eigenvalue weighted by Gasteiger charge is 2.25. The number of hydrogen-bond donors (Lipinski definition) is 1. The molecule has 4 rings (SSSR count). The third kappa shape index (κ3) is 3.77. The van der Waals surface area contributed by atoms with Gasteiger partial charge in [0.05, 0.1) is 0 Å². The van der Waals surface area contributed by atoms with Gasteiger partial charge in [0.1, 0.15) is 12.1 Å². The van der Waals surface area contributed by atoms with Gasteiger partial charge >= 0.3 is 0 Å². The van der Waals surface area contributed by atoms with Crippen molar-refractivity contribution < 1.29 is 9.52 Å². The molecule has 1 aromatic carbocycles. The Labute approximate surface area is 151 Å². The number of aromatic nitrogens is 1. The molecule has 0 aliphatic carbocycles. The molecule has 1 N–H and O–H groups in total. The second-order valence-corrected chi connectivity index (χ2v) is 7.35. The zero-order chi connectivity index (χ0) is 17.1. The number of likely N-dealkylation sites (tertiary alicyclic amines) is 1. The van der Waals surface area contributed by atoms with Crippen LogP contribution in [0.25, 0.3) is 11.1 Å². The Morgan fingerprint density at radius 1 is 1.36 bits per heavy atom. The number of para-hydroxylation sites is 2. The van der Waals surface area contributed by atoms with E-state index in [0.29, 0.717) is 5.92 Å². The van der Waals surface area contributed by atoms with E-state index in [1.807, 2.05) is 24.3 Å². The van der Waals surface area contributed by atoms with Crippen LogP contribution in [0.2, 0.25) is 0 Å². The van der Waals surface area contributed by atoms with E-state index in [1.54, 1.807) is 11.3 Å². The quantitative estimate of drug-likeness (QED) is 0.732. The van der Waals surface area contributed by atoms with E-state index in [0.717, 1.165) is 55.0 Å². The van der Waals surface area contributed by atoms with Crippen LogP contribution in [0.15, 0.2) is 40.1 Å². The molecule has 1 aliphatic heterocycles. The Bertz CT molecular complexity index is 885. The standard InChI is InChI=1S/C20H20N2O2S/c23-10-4-5-15-11-17(25-14-15)13-22-9-3-6-16(12-22)20-21-18-7-1-2-8-19(18)24-20/h1-2,7-8,11,14,16,23H,3,6,9-10,12-13H2. The summed E-state index contributed by atoms with van der Waals surface area (Å²) in [7, 11) is 0. The second kappa shape index (κ2) is 7.40. The van der Waals surface area contributed by atoms with Crippen LogP contribution in [-0.2, 0) is 6.54 Å². The molecule has 0 bridgehead atoms. The summed E-state index contributed by atoms with van der Waals surface area (Å²) < 4.78 is 5.98. The van der Waals surface area contributed by atoms with E-state index in [2.05, 4.69) is 33.2 Å². The van der Waals surface area contributed by atoms with Crippen LogP contribution < -0.4 is 0 Å². The number of oxazole rings is 1. The Morgan fingerprint density at radius 3 is 3.16 bits per heavy atom. The van der Waals surface area contributed by atoms with Gasteiger partial charge in [-0.1, -0.05) is 24.0 Å². The first-order valence-corrected chi connectivity index (χ1v) is 9.45. The first-order chi connectivity index (χ1) is 12.3. The van der Waals surface area contributed by atoms with Crippen LogP contribution in [0.3, 0.4) is 0 Å². The summed E-state index contributed by atoms with van der Waals surface area (Å²) in [6.07, 6.45) is 2.28. The van der Waals surface area contributed by atoms with Gasteiger partial charge < -0.3 is 9.52 Å². The number of hydrogen-bond acceptors (Lipinski definition) is 5. The van der Waals surface area contributed by atoms with E-state index < -0.39 is 0 Å². The van der Waals surface area contributed by atoms with Crippen LogP contribution in [0, 0.1) is 11.8 Å². The average molecular weight is 352 g/mol. The maximum atomic E-state index is 8.79. The van der Waals surface area contributed by atoms with Gasteiger partial charge in [0.25, 0.3) is 0 Å². The van der Waals surface area contributed by atoms with Gasteiger partial charge in [-0.2, -0.15) is 0 Å². The number of rotatable bonds is 3. The molecular formula is C20H20N2O2S. The SMILES string of the molecule is OCC#Cc1csc(CN2CCCC(c3nc4ccccc4o3)C2)c1. The maximum absolute atomic E-state index is 8.79. The number of nitrogens with zero attached hydrogens (tertiary/aromatic N) is 2. The molecule has 3 heterocycles. The summed E-state index contributed by atoms with van der Waals surface area (Å²) in [6, 6.07) is 10.1. The summed E-state index contributed by atoms with van der Waals surface area (Å²) in [5, 5.41) is 10.8. The monoisotopic (exact) mass is 352 g/mol. The summed E-state index contributed by atoms with van der Waals surface area (Å²) in [5.74, 6) is 6.89. The Kier molecular flexibility index (Phi) is 4.84. The van der Waals surface area contributed by atoms with Crippen LogP contribution in [0.5, 0.6) is 0 Å². The van der Waals surface area contributed by atoms with Gasteiger partial charge in [-0.05, 0) is 37.6 Å². The van der Waals surface area contributed by atoms with Gasteiger partial charge in [0.2, 0.25) is 0 Å². The van der Waals surface area contributed by atoms with Crippen LogP contribution >= 0.6 is 11.3 Å². The molecule has 1 aliphatic rings. The van der Waals surface area contributed by atoms with Crippen molar-refractivity contribution >= 4 is 22.4 Å². The topological polar surface area (TPSA) is 49.5 Å². The summed E-state index contributed by atoms with van der Waals surface area (Å²) in [5.41, 5.74) is 2.81. The summed E-state index contributed by atoms with van der Waals surface area (Å²) >= 11 is 1.73. The normalized spacial score (nSPS) is 18.2. The van der Waals surface area contributed by atoms with Crippen molar-refractivity contribution in [2.45, 2.75) is 25.3 Å². The molecule has 4 nitrogen and oxygen atoms in total. The summed E-state index contributed by atoms with van der Waals surface area (Å²) in [4.78, 5) is 8.46. The number of piperidine rings is 1. The van der Waals surface area contributed by atoms with Gasteiger partial charge in [0.15, 0.2) is 11.5 Å². The molecule has 2 aromatic heterocycles. The molecule has 0 saturated carbocycles. The second-order valence-electron chi connectivity index (χ2n) is 6.36. The molecule has 25 heavy (non-hydrogen) atoms. The minimum absolute atomic E-state index is 0.0938. The summed E-state index contributed by atoms with van der Waals surface area (Å²) in [6.45, 7) is 2.92. The van der Waals surface area contributed by atoms with E-state index in [-0.39, 0.29) is 6.61 Å². The van der Waals surface area contributed by atoms with Crippen molar-refractivity contribution in [3.05, 3.63) is 52.0 Å². The van der Waals surface area contributed by atoms with Gasteiger partial charge in [-0.25, -0.2) is 4.98 Å². The number of benzene rings is 1. The predicted molar refractivity (Wildman–Crippen MR) is 99.5 cm³/mol. The highest BCUT2D eigenvalue weighted by atomic mass is 32.1. The first kappa shape index (κ1) is 16.3. The van der Waals surface area contributed by atoms with Gasteiger partial charge in [-0.15, -0.1) is 11.3 Å². The van der Waals surface area contributed by atoms with E-state index >= 15 is 0 Å². The fraction of sp³-hybridized carbons (Fsp3) is 0.350. The van der Waals surface area contributed by atoms with Crippen LogP contribution in [-0.4, -0.2) is 34.7 Å². The third-order valence-corrected chi connectivity index (χ3v) is 5.43. The maximum Gasteiger partial charge on any atom is 0.199 e. The lowest BCUT2D eigenvalue weighted by Gasteiger charge is -2.30. The molecule has 5 heteroatoms. The van der Waals surface area contributed by atoms with Crippen molar-refractivity contribution in [2.24, 2.45) is 0 Å². The molecule has 1 atom stereocenters. The fourth-order valence-corrected chi connectivity index (χ4v) is 4.21. The van der Waals surface area contributed by atoms with Crippen molar-refractivity contribution in [3.63, 3.8) is 0 Å².